The van der Waals surface area contributed by atoms with Crippen molar-refractivity contribution in [1.82, 2.24) is 9.88 Å². The minimum atomic E-state index is -0.334. The fraction of sp³-hybridized carbons (Fsp3) is 0.529. The number of rotatable bonds is 2. The van der Waals surface area contributed by atoms with Crippen molar-refractivity contribution in [2.75, 3.05) is 13.1 Å². The maximum absolute atomic E-state index is 12.4. The Hall–Kier alpha value is -1.66. The average Bonchev–Trinajstić information content (AvgIpc) is 2.76. The molecule has 0 bridgehead atoms. The first-order valence-corrected chi connectivity index (χ1v) is 8.05. The first-order chi connectivity index (χ1) is 10.8. The van der Waals surface area contributed by atoms with Gasteiger partial charge >= 0.3 is 7.12 Å². The van der Waals surface area contributed by atoms with E-state index in [1.54, 1.807) is 17.2 Å². The number of nitrogens with zero attached hydrogens (tertiary/aromatic N) is 2. The van der Waals surface area contributed by atoms with Gasteiger partial charge in [0.1, 0.15) is 5.69 Å². The lowest BCUT2D eigenvalue weighted by Crippen LogP contribution is -2.41. The standard InChI is InChI=1S/C17H23BN2O3/c1-16(2)17(3,4)23-18(22-16)13-8-11-20(12-9-13)15(21)14-7-5-6-10-19-14/h5-8,10H,9,11-12H2,1-4H3. The monoisotopic (exact) mass is 314 g/mol. The van der Waals surface area contributed by atoms with Crippen LogP contribution >= 0.6 is 0 Å². The molecule has 1 aromatic rings. The van der Waals surface area contributed by atoms with Gasteiger partial charge in [-0.05, 0) is 51.7 Å². The minimum absolute atomic E-state index is 0.0326. The zero-order chi connectivity index (χ0) is 16.7. The van der Waals surface area contributed by atoms with Crippen LogP contribution in [0.2, 0.25) is 0 Å². The summed E-state index contributed by atoms with van der Waals surface area (Å²) >= 11 is 0. The number of aromatic nitrogens is 1. The topological polar surface area (TPSA) is 51.7 Å². The van der Waals surface area contributed by atoms with Gasteiger partial charge in [0.05, 0.1) is 11.2 Å². The van der Waals surface area contributed by atoms with Crippen LogP contribution < -0.4 is 0 Å². The normalized spacial score (nSPS) is 22.9. The van der Waals surface area contributed by atoms with E-state index in [1.165, 1.54) is 0 Å². The second kappa shape index (κ2) is 5.76. The van der Waals surface area contributed by atoms with Crippen molar-refractivity contribution in [1.29, 1.82) is 0 Å². The highest BCUT2D eigenvalue weighted by Gasteiger charge is 2.52. The van der Waals surface area contributed by atoms with Crippen molar-refractivity contribution in [3.8, 4) is 0 Å². The molecule has 122 valence electrons. The molecule has 1 fully saturated rings. The van der Waals surface area contributed by atoms with E-state index in [0.717, 1.165) is 11.9 Å². The molecule has 0 aromatic carbocycles. The molecule has 0 N–H and O–H groups in total. The number of hydrogen-bond donors (Lipinski definition) is 0. The second-order valence-electron chi connectivity index (χ2n) is 7.08. The Bertz CT molecular complexity index is 612. The molecular formula is C17H23BN2O3. The molecule has 3 rings (SSSR count). The SMILES string of the molecule is CC1(C)OB(C2=CCN(C(=O)c3ccccn3)CC2)OC1(C)C. The molecule has 0 radical (unpaired) electrons. The third-order valence-corrected chi connectivity index (χ3v) is 4.97. The van der Waals surface area contributed by atoms with Crippen LogP contribution in [0.25, 0.3) is 0 Å². The molecule has 0 unspecified atom stereocenters. The lowest BCUT2D eigenvalue weighted by Gasteiger charge is -2.32. The molecule has 0 aliphatic carbocycles. The third-order valence-electron chi connectivity index (χ3n) is 4.97. The molecule has 1 saturated heterocycles. The minimum Gasteiger partial charge on any atom is -0.400 e. The third kappa shape index (κ3) is 3.05. The van der Waals surface area contributed by atoms with Gasteiger partial charge in [-0.25, -0.2) is 0 Å². The fourth-order valence-electron chi connectivity index (χ4n) is 2.73. The summed E-state index contributed by atoms with van der Waals surface area (Å²) < 4.78 is 12.2. The maximum Gasteiger partial charge on any atom is 0.490 e. The lowest BCUT2D eigenvalue weighted by molar-refractivity contribution is 0.00578. The predicted octanol–water partition coefficient (Wildman–Crippen LogP) is 2.49. The summed E-state index contributed by atoms with van der Waals surface area (Å²) in [4.78, 5) is 18.3. The Morgan fingerprint density at radius 1 is 1.22 bits per heavy atom. The van der Waals surface area contributed by atoms with Crippen LogP contribution in [-0.4, -0.2) is 47.2 Å². The number of amides is 1. The summed E-state index contributed by atoms with van der Waals surface area (Å²) in [5.41, 5.74) is 0.937. The van der Waals surface area contributed by atoms with Crippen molar-refractivity contribution in [3.05, 3.63) is 41.6 Å². The summed E-state index contributed by atoms with van der Waals surface area (Å²) in [6.45, 7) is 9.42. The average molecular weight is 314 g/mol. The zero-order valence-corrected chi connectivity index (χ0v) is 14.2. The molecule has 2 aliphatic rings. The van der Waals surface area contributed by atoms with Gasteiger partial charge in [0.15, 0.2) is 0 Å². The van der Waals surface area contributed by atoms with E-state index in [9.17, 15) is 4.79 Å². The molecular weight excluding hydrogens is 291 g/mol. The van der Waals surface area contributed by atoms with Gasteiger partial charge in [-0.1, -0.05) is 12.1 Å². The molecule has 1 amide bonds. The molecule has 23 heavy (non-hydrogen) atoms. The van der Waals surface area contributed by atoms with Gasteiger partial charge in [-0.15, -0.1) is 0 Å². The van der Waals surface area contributed by atoms with Crippen LogP contribution in [0.15, 0.2) is 35.9 Å². The summed E-state index contributed by atoms with van der Waals surface area (Å²) in [5.74, 6) is -0.0326. The van der Waals surface area contributed by atoms with Gasteiger partial charge in [0.25, 0.3) is 5.91 Å². The van der Waals surface area contributed by atoms with Crippen molar-refractivity contribution in [2.24, 2.45) is 0 Å². The highest BCUT2D eigenvalue weighted by atomic mass is 16.7. The van der Waals surface area contributed by atoms with Gasteiger partial charge < -0.3 is 14.2 Å². The van der Waals surface area contributed by atoms with E-state index in [-0.39, 0.29) is 24.2 Å². The van der Waals surface area contributed by atoms with Gasteiger partial charge in [-0.3, -0.25) is 9.78 Å². The van der Waals surface area contributed by atoms with E-state index >= 15 is 0 Å². The Morgan fingerprint density at radius 3 is 2.43 bits per heavy atom. The van der Waals surface area contributed by atoms with Crippen LogP contribution in [-0.2, 0) is 9.31 Å². The number of hydrogen-bond acceptors (Lipinski definition) is 4. The number of pyridine rings is 1. The summed E-state index contributed by atoms with van der Waals surface area (Å²) in [6, 6.07) is 5.38. The van der Waals surface area contributed by atoms with Crippen LogP contribution in [0.5, 0.6) is 0 Å². The van der Waals surface area contributed by atoms with Gasteiger partial charge in [-0.2, -0.15) is 0 Å². The van der Waals surface area contributed by atoms with Crippen LogP contribution in [0, 0.1) is 0 Å². The summed E-state index contributed by atoms with van der Waals surface area (Å²) in [5, 5.41) is 0. The Balaban J connectivity index is 1.67. The van der Waals surface area contributed by atoms with Crippen LogP contribution in [0.4, 0.5) is 0 Å². The van der Waals surface area contributed by atoms with Crippen molar-refractivity contribution in [2.45, 2.75) is 45.3 Å². The number of carbonyl (C=O) groups is 1. The van der Waals surface area contributed by atoms with Crippen LogP contribution in [0.3, 0.4) is 0 Å². The predicted molar refractivity (Wildman–Crippen MR) is 88.9 cm³/mol. The van der Waals surface area contributed by atoms with E-state index < -0.39 is 0 Å². The number of carbonyl (C=O) groups excluding carboxylic acids is 1. The highest BCUT2D eigenvalue weighted by Crippen LogP contribution is 2.39. The fourth-order valence-corrected chi connectivity index (χ4v) is 2.73. The first-order valence-electron chi connectivity index (χ1n) is 8.05. The van der Waals surface area contributed by atoms with Gasteiger partial charge in [0, 0.05) is 19.3 Å². The molecule has 5 nitrogen and oxygen atoms in total. The molecule has 1 aromatic heterocycles. The van der Waals surface area contributed by atoms with E-state index in [0.29, 0.717) is 18.8 Å². The molecule has 0 atom stereocenters. The lowest BCUT2D eigenvalue weighted by atomic mass is 9.74. The van der Waals surface area contributed by atoms with E-state index in [1.807, 2.05) is 45.9 Å². The molecule has 0 spiro atoms. The Kier molecular flexibility index (Phi) is 4.06. The van der Waals surface area contributed by atoms with E-state index in [4.69, 9.17) is 9.31 Å². The maximum atomic E-state index is 12.4. The van der Waals surface area contributed by atoms with Crippen molar-refractivity contribution >= 4 is 13.0 Å². The molecule has 3 heterocycles. The quantitative estimate of drug-likeness (QED) is 0.787. The summed E-state index contributed by atoms with van der Waals surface area (Å²) in [6.07, 6.45) is 4.45. The Morgan fingerprint density at radius 2 is 1.91 bits per heavy atom. The zero-order valence-electron chi connectivity index (χ0n) is 14.2. The first kappa shape index (κ1) is 16.2. The smallest absolute Gasteiger partial charge is 0.400 e. The van der Waals surface area contributed by atoms with Crippen molar-refractivity contribution < 1.29 is 14.1 Å². The Labute approximate surface area is 137 Å². The van der Waals surface area contributed by atoms with Crippen LogP contribution in [0.1, 0.15) is 44.6 Å². The highest BCUT2D eigenvalue weighted by molar-refractivity contribution is 6.54. The van der Waals surface area contributed by atoms with Gasteiger partial charge in [0.2, 0.25) is 0 Å². The summed E-state index contributed by atoms with van der Waals surface area (Å²) in [7, 11) is -0.313. The molecule has 0 saturated carbocycles. The molecule has 6 heteroatoms. The largest absolute Gasteiger partial charge is 0.490 e. The van der Waals surface area contributed by atoms with E-state index in [2.05, 4.69) is 4.98 Å². The molecule has 2 aliphatic heterocycles. The van der Waals surface area contributed by atoms with Crippen molar-refractivity contribution in [3.63, 3.8) is 0 Å². The second-order valence-corrected chi connectivity index (χ2v) is 7.08.